The zero-order valence-electron chi connectivity index (χ0n) is 13.3. The van der Waals surface area contributed by atoms with Crippen molar-refractivity contribution in [2.45, 2.75) is 19.3 Å². The fourth-order valence-electron chi connectivity index (χ4n) is 3.62. The summed E-state index contributed by atoms with van der Waals surface area (Å²) in [5.41, 5.74) is 0.727. The molecule has 24 heavy (non-hydrogen) atoms. The summed E-state index contributed by atoms with van der Waals surface area (Å²) in [4.78, 5) is 31.9. The number of hydrogen-bond acceptors (Lipinski definition) is 4. The van der Waals surface area contributed by atoms with E-state index in [1.807, 2.05) is 28.5 Å². The Labute approximate surface area is 144 Å². The first-order chi connectivity index (χ1) is 11.7. The molecule has 2 fully saturated rings. The molecule has 1 aliphatic heterocycles. The lowest BCUT2D eigenvalue weighted by Gasteiger charge is -2.16. The number of nitrogens with zero attached hydrogens (tertiary/aromatic N) is 2. The van der Waals surface area contributed by atoms with E-state index < -0.39 is 0 Å². The lowest BCUT2D eigenvalue weighted by molar-refractivity contribution is -0.129. The molecule has 0 bridgehead atoms. The molecule has 1 spiro atoms. The van der Waals surface area contributed by atoms with E-state index in [1.165, 1.54) is 0 Å². The Balaban J connectivity index is 1.34. The molecule has 2 aliphatic rings. The van der Waals surface area contributed by atoms with Gasteiger partial charge in [-0.1, -0.05) is 6.07 Å². The van der Waals surface area contributed by atoms with Crippen LogP contribution in [0.2, 0.25) is 0 Å². The van der Waals surface area contributed by atoms with E-state index in [4.69, 9.17) is 0 Å². The average Bonchev–Trinajstić information content (AvgIpc) is 2.90. The minimum Gasteiger partial charge on any atom is -0.342 e. The Hall–Kier alpha value is -2.21. The van der Waals surface area contributed by atoms with Gasteiger partial charge in [0.15, 0.2) is 0 Å². The molecule has 6 heteroatoms. The third kappa shape index (κ3) is 2.94. The Bertz CT molecular complexity index is 747. The van der Waals surface area contributed by atoms with E-state index >= 15 is 0 Å². The van der Waals surface area contributed by atoms with Crippen LogP contribution in [-0.4, -0.2) is 34.8 Å². The number of nitrogens with one attached hydrogen (secondary N) is 1. The number of rotatable bonds is 4. The molecular formula is C18H19N3O2S. The van der Waals surface area contributed by atoms with E-state index in [0.29, 0.717) is 13.0 Å². The van der Waals surface area contributed by atoms with Crippen molar-refractivity contribution < 1.29 is 9.59 Å². The molecule has 1 saturated heterocycles. The van der Waals surface area contributed by atoms with E-state index in [-0.39, 0.29) is 23.1 Å². The first-order valence-electron chi connectivity index (χ1n) is 8.17. The Kier molecular flexibility index (Phi) is 3.84. The van der Waals surface area contributed by atoms with Crippen LogP contribution in [0.3, 0.4) is 0 Å². The molecular weight excluding hydrogens is 322 g/mol. The summed E-state index contributed by atoms with van der Waals surface area (Å²) in [7, 11) is 0. The van der Waals surface area contributed by atoms with Crippen molar-refractivity contribution in [1.82, 2.24) is 9.88 Å². The highest BCUT2D eigenvalue weighted by molar-refractivity contribution is 7.10. The maximum absolute atomic E-state index is 12.4. The maximum atomic E-state index is 12.4. The van der Waals surface area contributed by atoms with Crippen molar-refractivity contribution in [3.63, 3.8) is 0 Å². The first-order valence-corrected chi connectivity index (χ1v) is 9.05. The van der Waals surface area contributed by atoms with Gasteiger partial charge in [-0.05, 0) is 36.4 Å². The number of thiophene rings is 1. The van der Waals surface area contributed by atoms with Gasteiger partial charge in [-0.3, -0.25) is 14.6 Å². The molecule has 1 N–H and O–H groups in total. The molecule has 0 aromatic carbocycles. The molecule has 0 unspecified atom stereocenters. The second-order valence-electron chi connectivity index (χ2n) is 6.67. The summed E-state index contributed by atoms with van der Waals surface area (Å²) in [6, 6.07) is 7.61. The number of aromatic nitrogens is 1. The van der Waals surface area contributed by atoms with Crippen molar-refractivity contribution in [3.8, 4) is 0 Å². The molecule has 1 aliphatic carbocycles. The van der Waals surface area contributed by atoms with Crippen molar-refractivity contribution in [3.05, 3.63) is 46.9 Å². The van der Waals surface area contributed by atoms with Gasteiger partial charge in [0.2, 0.25) is 11.8 Å². The van der Waals surface area contributed by atoms with Crippen LogP contribution in [0.5, 0.6) is 0 Å². The van der Waals surface area contributed by atoms with E-state index in [0.717, 1.165) is 30.0 Å². The second kappa shape index (κ2) is 6.02. The Morgan fingerprint density at radius 2 is 2.29 bits per heavy atom. The van der Waals surface area contributed by atoms with E-state index in [2.05, 4.69) is 10.3 Å². The predicted molar refractivity (Wildman–Crippen MR) is 92.6 cm³/mol. The monoisotopic (exact) mass is 341 g/mol. The summed E-state index contributed by atoms with van der Waals surface area (Å²) in [5.74, 6) is 0.237. The van der Waals surface area contributed by atoms with Crippen LogP contribution >= 0.6 is 11.3 Å². The fourth-order valence-corrected chi connectivity index (χ4v) is 4.31. The molecule has 124 valence electrons. The van der Waals surface area contributed by atoms with Gasteiger partial charge in [0.1, 0.15) is 0 Å². The summed E-state index contributed by atoms with van der Waals surface area (Å²) >= 11 is 1.61. The van der Waals surface area contributed by atoms with Gasteiger partial charge in [0.05, 0.1) is 18.3 Å². The zero-order valence-corrected chi connectivity index (χ0v) is 14.1. The second-order valence-corrected chi connectivity index (χ2v) is 7.70. The summed E-state index contributed by atoms with van der Waals surface area (Å²) in [5, 5.41) is 4.93. The van der Waals surface area contributed by atoms with E-state index in [9.17, 15) is 9.59 Å². The third-order valence-corrected chi connectivity index (χ3v) is 5.96. The molecule has 2 aromatic heterocycles. The highest BCUT2D eigenvalue weighted by Gasteiger charge is 2.61. The zero-order chi connectivity index (χ0) is 16.6. The van der Waals surface area contributed by atoms with Gasteiger partial charge in [-0.2, -0.15) is 0 Å². The topological polar surface area (TPSA) is 62.3 Å². The van der Waals surface area contributed by atoms with Crippen LogP contribution in [0.4, 0.5) is 5.69 Å². The maximum Gasteiger partial charge on any atom is 0.228 e. The molecule has 2 amide bonds. The Morgan fingerprint density at radius 3 is 3.04 bits per heavy atom. The van der Waals surface area contributed by atoms with Crippen molar-refractivity contribution in [2.24, 2.45) is 11.3 Å². The Morgan fingerprint density at radius 1 is 1.38 bits per heavy atom. The number of pyridine rings is 1. The van der Waals surface area contributed by atoms with Crippen LogP contribution in [0.1, 0.15) is 17.7 Å². The molecule has 2 aromatic rings. The minimum atomic E-state index is -0.00258. The highest BCUT2D eigenvalue weighted by atomic mass is 32.1. The van der Waals surface area contributed by atoms with Crippen LogP contribution in [-0.2, 0) is 16.0 Å². The standard InChI is InChI=1S/C18H19N3O2S/c22-16(9-14-4-2-8-24-14)21-7-5-18(12-21)10-15(18)17(23)20-13-3-1-6-19-11-13/h1-4,6,8,11,15H,5,7,9-10,12H2,(H,20,23)/t15-,18-/m0/s1. The predicted octanol–water partition coefficient (Wildman–Crippen LogP) is 2.56. The number of hydrogen-bond donors (Lipinski definition) is 1. The van der Waals surface area contributed by atoms with Gasteiger partial charge < -0.3 is 10.2 Å². The van der Waals surface area contributed by atoms with Crippen LogP contribution in [0.15, 0.2) is 42.0 Å². The number of amides is 2. The van der Waals surface area contributed by atoms with Crippen LogP contribution < -0.4 is 5.32 Å². The quantitative estimate of drug-likeness (QED) is 0.930. The third-order valence-electron chi connectivity index (χ3n) is 5.08. The van der Waals surface area contributed by atoms with Crippen LogP contribution in [0, 0.1) is 11.3 Å². The lowest BCUT2D eigenvalue weighted by Crippen LogP contribution is -2.31. The minimum absolute atomic E-state index is 0.00258. The summed E-state index contributed by atoms with van der Waals surface area (Å²) < 4.78 is 0. The normalized spacial score (nSPS) is 25.0. The van der Waals surface area contributed by atoms with Gasteiger partial charge in [0.25, 0.3) is 0 Å². The molecule has 0 radical (unpaired) electrons. The lowest BCUT2D eigenvalue weighted by atomic mass is 10.0. The van der Waals surface area contributed by atoms with Crippen molar-refractivity contribution in [2.75, 3.05) is 18.4 Å². The summed E-state index contributed by atoms with van der Waals surface area (Å²) in [6.07, 6.45) is 5.61. The van der Waals surface area contributed by atoms with Crippen molar-refractivity contribution in [1.29, 1.82) is 0 Å². The fraction of sp³-hybridized carbons (Fsp3) is 0.389. The molecule has 4 rings (SSSR count). The van der Waals surface area contributed by atoms with Crippen molar-refractivity contribution >= 4 is 28.8 Å². The SMILES string of the molecule is O=C(Nc1cccnc1)[C@@H]1C[C@]12CCN(C(=O)Cc1cccs1)C2. The van der Waals surface area contributed by atoms with Gasteiger partial charge in [-0.15, -0.1) is 11.3 Å². The molecule has 5 nitrogen and oxygen atoms in total. The number of carbonyl (C=O) groups is 2. The summed E-state index contributed by atoms with van der Waals surface area (Å²) in [6.45, 7) is 1.48. The van der Waals surface area contributed by atoms with Gasteiger partial charge in [0, 0.05) is 35.5 Å². The van der Waals surface area contributed by atoms with Gasteiger partial charge in [-0.25, -0.2) is 0 Å². The number of carbonyl (C=O) groups excluding carboxylic acids is 2. The van der Waals surface area contributed by atoms with Crippen LogP contribution in [0.25, 0.3) is 0 Å². The number of likely N-dealkylation sites (tertiary alicyclic amines) is 1. The largest absolute Gasteiger partial charge is 0.342 e. The first kappa shape index (κ1) is 15.3. The molecule has 2 atom stereocenters. The van der Waals surface area contributed by atoms with Gasteiger partial charge >= 0.3 is 0 Å². The average molecular weight is 341 g/mol. The highest BCUT2D eigenvalue weighted by Crippen LogP contribution is 2.58. The molecule has 3 heterocycles. The van der Waals surface area contributed by atoms with E-state index in [1.54, 1.807) is 29.8 Å². The smallest absolute Gasteiger partial charge is 0.228 e. The molecule has 1 saturated carbocycles. The number of anilines is 1.